The summed E-state index contributed by atoms with van der Waals surface area (Å²) in [5.74, 6) is 0.444. The van der Waals surface area contributed by atoms with Crippen LogP contribution in [0.5, 0.6) is 0 Å². The molecular formula is C9H21N3O2S. The Morgan fingerprint density at radius 1 is 1.53 bits per heavy atom. The zero-order chi connectivity index (χ0) is 11.5. The molecule has 0 aromatic heterocycles. The Morgan fingerprint density at radius 3 is 2.53 bits per heavy atom. The summed E-state index contributed by atoms with van der Waals surface area (Å²) in [7, 11) is -1.75. The smallest absolute Gasteiger partial charge is 0.279 e. The van der Waals surface area contributed by atoms with Crippen molar-refractivity contribution in [3.63, 3.8) is 0 Å². The van der Waals surface area contributed by atoms with Crippen LogP contribution in [0.2, 0.25) is 0 Å². The lowest BCUT2D eigenvalue weighted by atomic mass is 10.2. The summed E-state index contributed by atoms with van der Waals surface area (Å²) in [6.07, 6.45) is 2.98. The van der Waals surface area contributed by atoms with Gasteiger partial charge >= 0.3 is 0 Å². The highest BCUT2D eigenvalue weighted by atomic mass is 32.2. The van der Waals surface area contributed by atoms with Gasteiger partial charge in [-0.1, -0.05) is 6.92 Å². The van der Waals surface area contributed by atoms with Gasteiger partial charge in [0.25, 0.3) is 10.2 Å². The molecule has 1 aliphatic carbocycles. The summed E-state index contributed by atoms with van der Waals surface area (Å²) in [6.45, 7) is 2.87. The van der Waals surface area contributed by atoms with E-state index in [2.05, 4.69) is 4.72 Å². The van der Waals surface area contributed by atoms with E-state index in [1.165, 1.54) is 4.31 Å². The van der Waals surface area contributed by atoms with Crippen LogP contribution in [0.15, 0.2) is 0 Å². The molecule has 1 aliphatic rings. The van der Waals surface area contributed by atoms with Crippen LogP contribution in [0.4, 0.5) is 0 Å². The molecule has 3 N–H and O–H groups in total. The van der Waals surface area contributed by atoms with Crippen molar-refractivity contribution in [2.45, 2.75) is 32.2 Å². The molecule has 0 aromatic carbocycles. The summed E-state index contributed by atoms with van der Waals surface area (Å²) in [5.41, 5.74) is 5.55. The van der Waals surface area contributed by atoms with Gasteiger partial charge in [0.15, 0.2) is 0 Å². The summed E-state index contributed by atoms with van der Waals surface area (Å²) in [6, 6.07) is -0.0886. The van der Waals surface area contributed by atoms with Gasteiger partial charge in [0.05, 0.1) is 0 Å². The Hall–Kier alpha value is -0.170. The van der Waals surface area contributed by atoms with Gasteiger partial charge in [0, 0.05) is 26.2 Å². The van der Waals surface area contributed by atoms with Crippen molar-refractivity contribution in [3.8, 4) is 0 Å². The predicted molar refractivity (Wildman–Crippen MR) is 60.5 cm³/mol. The molecule has 90 valence electrons. The van der Waals surface area contributed by atoms with Gasteiger partial charge in [-0.25, -0.2) is 0 Å². The lowest BCUT2D eigenvalue weighted by Gasteiger charge is -2.21. The highest BCUT2D eigenvalue weighted by Crippen LogP contribution is 2.32. The van der Waals surface area contributed by atoms with Crippen LogP contribution in [-0.4, -0.2) is 38.9 Å². The van der Waals surface area contributed by atoms with Crippen molar-refractivity contribution in [1.29, 1.82) is 0 Å². The predicted octanol–water partition coefficient (Wildman–Crippen LogP) is -0.100. The Labute approximate surface area is 92.2 Å². The molecule has 1 fully saturated rings. The number of hydrogen-bond acceptors (Lipinski definition) is 3. The molecule has 0 bridgehead atoms. The van der Waals surface area contributed by atoms with Crippen molar-refractivity contribution in [2.75, 3.05) is 20.1 Å². The second-order valence-electron chi connectivity index (χ2n) is 4.12. The standard InChI is InChI=1S/C9H21N3O2S/c1-3-6-12(2)15(13,14)11-9(7-10)8-4-5-8/h8-9,11H,3-7,10H2,1-2H3. The number of nitrogens with one attached hydrogen (secondary N) is 1. The topological polar surface area (TPSA) is 75.4 Å². The minimum Gasteiger partial charge on any atom is -0.329 e. The molecule has 0 heterocycles. The van der Waals surface area contributed by atoms with E-state index < -0.39 is 10.2 Å². The van der Waals surface area contributed by atoms with Gasteiger partial charge < -0.3 is 5.73 Å². The van der Waals surface area contributed by atoms with Crippen LogP contribution in [0, 0.1) is 5.92 Å². The zero-order valence-corrected chi connectivity index (χ0v) is 10.3. The van der Waals surface area contributed by atoms with E-state index in [0.29, 0.717) is 19.0 Å². The molecule has 15 heavy (non-hydrogen) atoms. The first-order valence-corrected chi connectivity index (χ1v) is 6.89. The van der Waals surface area contributed by atoms with Crippen molar-refractivity contribution in [2.24, 2.45) is 11.7 Å². The molecule has 0 aromatic rings. The normalized spacial score (nSPS) is 19.5. The maximum atomic E-state index is 11.8. The Kier molecular flexibility index (Phi) is 4.51. The van der Waals surface area contributed by atoms with Crippen LogP contribution >= 0.6 is 0 Å². The number of rotatable bonds is 7. The highest BCUT2D eigenvalue weighted by Gasteiger charge is 2.33. The van der Waals surface area contributed by atoms with Gasteiger partial charge in [-0.3, -0.25) is 0 Å². The molecule has 0 amide bonds. The Morgan fingerprint density at radius 2 is 2.13 bits per heavy atom. The second-order valence-corrected chi connectivity index (χ2v) is 5.93. The summed E-state index contributed by atoms with van der Waals surface area (Å²) >= 11 is 0. The van der Waals surface area contributed by atoms with E-state index in [4.69, 9.17) is 5.73 Å². The summed E-state index contributed by atoms with van der Waals surface area (Å²) in [5, 5.41) is 0. The van der Waals surface area contributed by atoms with Crippen molar-refractivity contribution >= 4 is 10.2 Å². The third-order valence-electron chi connectivity index (χ3n) is 2.69. The Balaban J connectivity index is 2.53. The second kappa shape index (κ2) is 5.25. The summed E-state index contributed by atoms with van der Waals surface area (Å²) in [4.78, 5) is 0. The van der Waals surface area contributed by atoms with Crippen LogP contribution in [-0.2, 0) is 10.2 Å². The van der Waals surface area contributed by atoms with E-state index >= 15 is 0 Å². The van der Waals surface area contributed by atoms with E-state index in [-0.39, 0.29) is 6.04 Å². The van der Waals surface area contributed by atoms with Gasteiger partial charge in [-0.2, -0.15) is 17.4 Å². The lowest BCUT2D eigenvalue weighted by Crippen LogP contribution is -2.47. The largest absolute Gasteiger partial charge is 0.329 e. The van der Waals surface area contributed by atoms with E-state index in [9.17, 15) is 8.42 Å². The summed E-state index contributed by atoms with van der Waals surface area (Å²) < 4.78 is 27.6. The molecule has 0 aliphatic heterocycles. The monoisotopic (exact) mass is 235 g/mol. The van der Waals surface area contributed by atoms with E-state index in [1.807, 2.05) is 6.92 Å². The van der Waals surface area contributed by atoms with E-state index in [0.717, 1.165) is 19.3 Å². The van der Waals surface area contributed by atoms with Crippen LogP contribution in [0.25, 0.3) is 0 Å². The van der Waals surface area contributed by atoms with Crippen molar-refractivity contribution in [1.82, 2.24) is 9.03 Å². The van der Waals surface area contributed by atoms with Crippen molar-refractivity contribution in [3.05, 3.63) is 0 Å². The lowest BCUT2D eigenvalue weighted by molar-refractivity contribution is 0.436. The maximum Gasteiger partial charge on any atom is 0.279 e. The number of hydrogen-bond donors (Lipinski definition) is 2. The third kappa shape index (κ3) is 3.71. The van der Waals surface area contributed by atoms with E-state index in [1.54, 1.807) is 7.05 Å². The fraction of sp³-hybridized carbons (Fsp3) is 1.00. The third-order valence-corrected chi connectivity index (χ3v) is 4.30. The van der Waals surface area contributed by atoms with Crippen LogP contribution < -0.4 is 10.5 Å². The molecule has 1 unspecified atom stereocenters. The minimum absolute atomic E-state index is 0.0886. The molecule has 6 heteroatoms. The first-order chi connectivity index (χ1) is 7.01. The van der Waals surface area contributed by atoms with Crippen LogP contribution in [0.1, 0.15) is 26.2 Å². The van der Waals surface area contributed by atoms with Gasteiger partial charge in [-0.15, -0.1) is 0 Å². The molecule has 1 saturated carbocycles. The molecule has 0 radical (unpaired) electrons. The molecule has 0 saturated heterocycles. The van der Waals surface area contributed by atoms with Crippen molar-refractivity contribution < 1.29 is 8.42 Å². The van der Waals surface area contributed by atoms with Gasteiger partial charge in [-0.05, 0) is 25.2 Å². The zero-order valence-electron chi connectivity index (χ0n) is 9.44. The average molecular weight is 235 g/mol. The van der Waals surface area contributed by atoms with Gasteiger partial charge in [0.1, 0.15) is 0 Å². The van der Waals surface area contributed by atoms with Crippen LogP contribution in [0.3, 0.4) is 0 Å². The van der Waals surface area contributed by atoms with Gasteiger partial charge in [0.2, 0.25) is 0 Å². The fourth-order valence-corrected chi connectivity index (χ4v) is 2.83. The molecule has 0 spiro atoms. The maximum absolute atomic E-state index is 11.8. The Bertz CT molecular complexity index is 288. The molecule has 1 rings (SSSR count). The first-order valence-electron chi connectivity index (χ1n) is 5.45. The number of nitrogens with two attached hydrogens (primary N) is 1. The highest BCUT2D eigenvalue weighted by molar-refractivity contribution is 7.87. The fourth-order valence-electron chi connectivity index (χ4n) is 1.55. The minimum atomic E-state index is -3.34. The first kappa shape index (κ1) is 12.9. The molecular weight excluding hydrogens is 214 g/mol. The quantitative estimate of drug-likeness (QED) is 0.647. The number of nitrogens with zero attached hydrogens (tertiary/aromatic N) is 1. The molecule has 1 atom stereocenters. The molecule has 5 nitrogen and oxygen atoms in total. The average Bonchev–Trinajstić information content (AvgIpc) is 2.98. The SMILES string of the molecule is CCCN(C)S(=O)(=O)NC(CN)C1CC1.